The lowest BCUT2D eigenvalue weighted by Crippen LogP contribution is -2.41. The minimum Gasteiger partial charge on any atom is -0.399 e. The number of hydrogen-bond donors (Lipinski definition) is 1. The highest BCUT2D eigenvalue weighted by molar-refractivity contribution is 9.10. The largest absolute Gasteiger partial charge is 0.494 e. The van der Waals surface area contributed by atoms with Crippen LogP contribution in [0.1, 0.15) is 77.3 Å². The fourth-order valence-corrected chi connectivity index (χ4v) is 6.12. The molecule has 16 heteroatoms. The number of hydrogen-bond acceptors (Lipinski definition) is 6. The van der Waals surface area contributed by atoms with Gasteiger partial charge in [0.15, 0.2) is 11.6 Å². The highest BCUT2D eigenvalue weighted by Crippen LogP contribution is 2.36. The summed E-state index contributed by atoms with van der Waals surface area (Å²) < 4.78 is 92.4. The average molecular weight is 1030 g/mol. The maximum absolute atomic E-state index is 13.7. The molecule has 0 bridgehead atoms. The van der Waals surface area contributed by atoms with Gasteiger partial charge in [0.1, 0.15) is 40.6 Å². The molecule has 7 rings (SSSR count). The van der Waals surface area contributed by atoms with E-state index in [4.69, 9.17) is 26.6 Å². The summed E-state index contributed by atoms with van der Waals surface area (Å²) in [6.45, 7) is 7.86. The Morgan fingerprint density at radius 1 is 0.531 bits per heavy atom. The zero-order chi connectivity index (χ0) is 46.6. The van der Waals surface area contributed by atoms with E-state index in [1.54, 1.807) is 72.8 Å². The predicted octanol–water partition coefficient (Wildman–Crippen LogP) is 12.9. The molecular weight excluding hydrogens is 991 g/mol. The van der Waals surface area contributed by atoms with Crippen LogP contribution >= 0.6 is 43.5 Å². The number of halogens is 9. The second-order valence-corrected chi connectivity index (χ2v) is 16.9. The maximum Gasteiger partial charge on any atom is 0.494 e. The van der Waals surface area contributed by atoms with Gasteiger partial charge in [0, 0.05) is 49.6 Å². The first-order valence-corrected chi connectivity index (χ1v) is 20.8. The predicted molar refractivity (Wildman–Crippen MR) is 247 cm³/mol. The van der Waals surface area contributed by atoms with Crippen molar-refractivity contribution in [3.63, 3.8) is 0 Å². The van der Waals surface area contributed by atoms with E-state index in [2.05, 4.69) is 31.9 Å². The number of para-hydroxylation sites is 1. The molecule has 1 heterocycles. The molecule has 6 aromatic rings. The van der Waals surface area contributed by atoms with Crippen LogP contribution in [-0.4, -0.2) is 35.1 Å². The number of nitrogen functional groups attached to an aromatic ring is 1. The third kappa shape index (κ3) is 14.7. The van der Waals surface area contributed by atoms with Gasteiger partial charge in [0.25, 0.3) is 5.24 Å². The van der Waals surface area contributed by atoms with Crippen molar-refractivity contribution >= 4 is 78.5 Å². The summed E-state index contributed by atoms with van der Waals surface area (Å²) in [5.41, 5.74) is 5.33. The number of rotatable bonds is 8. The van der Waals surface area contributed by atoms with Crippen LogP contribution in [-0.2, 0) is 22.2 Å². The molecular formula is C48H43BBr2ClF6NO5. The van der Waals surface area contributed by atoms with Crippen LogP contribution in [0.3, 0.4) is 0 Å². The highest BCUT2D eigenvalue weighted by Gasteiger charge is 2.51. The minimum atomic E-state index is -0.716. The number of nitrogens with two attached hydrogens (primary N) is 1. The van der Waals surface area contributed by atoms with Crippen molar-refractivity contribution in [1.29, 1.82) is 0 Å². The Labute approximate surface area is 390 Å². The zero-order valence-electron chi connectivity index (χ0n) is 34.1. The number of ketones is 2. The van der Waals surface area contributed by atoms with Gasteiger partial charge in [0.2, 0.25) is 0 Å². The summed E-state index contributed by atoms with van der Waals surface area (Å²) >= 11 is 11.7. The molecule has 6 nitrogen and oxygen atoms in total. The first-order valence-electron chi connectivity index (χ1n) is 18.9. The quantitative estimate of drug-likeness (QED) is 0.0536. The van der Waals surface area contributed by atoms with Crippen LogP contribution in [0.2, 0.25) is 0 Å². The van der Waals surface area contributed by atoms with E-state index >= 15 is 0 Å². The molecule has 0 atom stereocenters. The Hall–Kier alpha value is -5.06. The molecule has 0 aromatic heterocycles. The van der Waals surface area contributed by atoms with Crippen molar-refractivity contribution < 1.29 is 50.0 Å². The molecule has 0 spiro atoms. The standard InChI is InChI=1S/C20H21BF2O3.C14H9BrF2O.C7H4BrClO.C6H5F2N.CH4/c1-19(2)20(3,4)26-21(25-19)14-10-8-13(9-11-14)18(24)12-15-16(22)6-5-7-17(15)23;15-10-6-4-9(5-7-10)14(18)8-11-12(16)2-1-3-13(11)17;8-6-3-1-5(2-4-6)7(9)10;7-4-2-1-3-5(8)6(4)9;/h5-11H,12H2,1-4H3;1-7H,8H2;1-4H;1-3H,9H2;1H4. The Balaban J connectivity index is 0.000000247. The van der Waals surface area contributed by atoms with Gasteiger partial charge < -0.3 is 15.0 Å². The summed E-state index contributed by atoms with van der Waals surface area (Å²) in [6.07, 6.45) is -0.603. The van der Waals surface area contributed by atoms with Crippen LogP contribution < -0.4 is 11.2 Å². The van der Waals surface area contributed by atoms with Gasteiger partial charge >= 0.3 is 7.12 Å². The fourth-order valence-electron chi connectivity index (χ4n) is 5.46. The van der Waals surface area contributed by atoms with E-state index in [9.17, 15) is 40.7 Å². The highest BCUT2D eigenvalue weighted by atomic mass is 79.9. The second-order valence-electron chi connectivity index (χ2n) is 14.7. The van der Waals surface area contributed by atoms with Gasteiger partial charge in [-0.15, -0.1) is 0 Å². The summed E-state index contributed by atoms with van der Waals surface area (Å²) in [5, 5.41) is -0.424. The molecule has 0 radical (unpaired) electrons. The topological polar surface area (TPSA) is 95.7 Å². The first-order chi connectivity index (χ1) is 29.6. The van der Waals surface area contributed by atoms with Gasteiger partial charge in [-0.3, -0.25) is 14.4 Å². The third-order valence-corrected chi connectivity index (χ3v) is 11.1. The lowest BCUT2D eigenvalue weighted by atomic mass is 9.78. The van der Waals surface area contributed by atoms with Gasteiger partial charge in [-0.25, -0.2) is 26.3 Å². The van der Waals surface area contributed by atoms with Crippen molar-refractivity contribution in [2.24, 2.45) is 0 Å². The molecule has 2 N–H and O–H groups in total. The Morgan fingerprint density at radius 2 is 0.828 bits per heavy atom. The molecule has 1 saturated heterocycles. The molecule has 1 fully saturated rings. The molecule has 0 saturated carbocycles. The van der Waals surface area contributed by atoms with Crippen LogP contribution in [0.4, 0.5) is 32.0 Å². The number of Topliss-reactive ketones (excluding diaryl/α,β-unsaturated/α-hetero) is 2. The van der Waals surface area contributed by atoms with Crippen molar-refractivity contribution in [2.45, 2.75) is 59.2 Å². The first kappa shape index (κ1) is 53.3. The Morgan fingerprint density at radius 3 is 1.14 bits per heavy atom. The molecule has 1 aliphatic heterocycles. The molecule has 64 heavy (non-hydrogen) atoms. The molecule has 1 aliphatic rings. The maximum atomic E-state index is 13.7. The van der Waals surface area contributed by atoms with Crippen LogP contribution in [0, 0.1) is 34.9 Å². The van der Waals surface area contributed by atoms with E-state index < -0.39 is 64.2 Å². The summed E-state index contributed by atoms with van der Waals surface area (Å²) in [7, 11) is -0.520. The van der Waals surface area contributed by atoms with E-state index in [1.807, 2.05) is 27.7 Å². The molecule has 0 aliphatic carbocycles. The van der Waals surface area contributed by atoms with E-state index in [0.29, 0.717) is 16.7 Å². The van der Waals surface area contributed by atoms with Crippen LogP contribution in [0.5, 0.6) is 0 Å². The third-order valence-electron chi connectivity index (χ3n) is 9.79. The molecule has 6 aromatic carbocycles. The second kappa shape index (κ2) is 23.8. The Bertz CT molecular complexity index is 2470. The van der Waals surface area contributed by atoms with Gasteiger partial charge in [-0.05, 0) is 118 Å². The number of carbonyl (C=O) groups is 3. The molecule has 0 unspecified atom stereocenters. The summed E-state index contributed by atoms with van der Waals surface area (Å²) in [6, 6.07) is 30.9. The lowest BCUT2D eigenvalue weighted by Gasteiger charge is -2.32. The van der Waals surface area contributed by atoms with Gasteiger partial charge in [0.05, 0.1) is 11.2 Å². The smallest absolute Gasteiger partial charge is 0.399 e. The van der Waals surface area contributed by atoms with Crippen LogP contribution in [0.15, 0.2) is 136 Å². The van der Waals surface area contributed by atoms with Crippen molar-refractivity contribution in [2.75, 3.05) is 5.73 Å². The van der Waals surface area contributed by atoms with Gasteiger partial charge in [-0.2, -0.15) is 0 Å². The fraction of sp³-hybridized carbons (Fsp3) is 0.188. The molecule has 0 amide bonds. The van der Waals surface area contributed by atoms with E-state index in [-0.39, 0.29) is 43.0 Å². The zero-order valence-corrected chi connectivity index (χ0v) is 38.1. The van der Waals surface area contributed by atoms with Gasteiger partial charge in [-0.1, -0.05) is 93.9 Å². The minimum absolute atomic E-state index is 0. The lowest BCUT2D eigenvalue weighted by molar-refractivity contribution is 0.00578. The van der Waals surface area contributed by atoms with E-state index in [1.165, 1.54) is 18.2 Å². The Kier molecular flexibility index (Phi) is 19.8. The van der Waals surface area contributed by atoms with Crippen molar-refractivity contribution in [3.8, 4) is 0 Å². The normalized spacial score (nSPS) is 13.1. The summed E-state index contributed by atoms with van der Waals surface area (Å²) in [4.78, 5) is 34.7. The number of anilines is 1. The number of carbonyl (C=O) groups excluding carboxylic acids is 3. The van der Waals surface area contributed by atoms with Crippen molar-refractivity contribution in [3.05, 3.63) is 199 Å². The van der Waals surface area contributed by atoms with Crippen LogP contribution in [0.25, 0.3) is 0 Å². The average Bonchev–Trinajstić information content (AvgIpc) is 3.46. The monoisotopic (exact) mass is 1030 g/mol. The summed E-state index contributed by atoms with van der Waals surface area (Å²) in [5.74, 6) is -4.91. The molecule has 336 valence electrons. The van der Waals surface area contributed by atoms with Crippen molar-refractivity contribution in [1.82, 2.24) is 0 Å². The van der Waals surface area contributed by atoms with E-state index in [0.717, 1.165) is 50.8 Å². The SMILES string of the molecule is C.CC1(C)OB(c2ccc(C(=O)Cc3c(F)cccc3F)cc2)OC1(C)C.Nc1c(F)cccc1F.O=C(Cc1c(F)cccc1F)c1ccc(Br)cc1.O=C(Cl)c1ccc(Br)cc1. The number of benzene rings is 6.